The molecule has 152 valence electrons. The van der Waals surface area contributed by atoms with Gasteiger partial charge in [0.2, 0.25) is 15.9 Å². The number of carbonyl (C=O) groups is 1. The van der Waals surface area contributed by atoms with Crippen LogP contribution in [0.15, 0.2) is 48.5 Å². The predicted molar refractivity (Wildman–Crippen MR) is 106 cm³/mol. The Morgan fingerprint density at radius 2 is 1.57 bits per heavy atom. The van der Waals surface area contributed by atoms with Crippen LogP contribution in [0.25, 0.3) is 0 Å². The largest absolute Gasteiger partial charge is 0.354 e. The van der Waals surface area contributed by atoms with Crippen molar-refractivity contribution in [1.82, 2.24) is 5.32 Å². The highest BCUT2D eigenvalue weighted by Gasteiger charge is 2.31. The van der Waals surface area contributed by atoms with Crippen LogP contribution >= 0.6 is 0 Å². The summed E-state index contributed by atoms with van der Waals surface area (Å²) in [7, 11) is -3.75. The Hall–Kier alpha value is -2.48. The number of anilines is 1. The van der Waals surface area contributed by atoms with Gasteiger partial charge in [0, 0.05) is 6.54 Å². The van der Waals surface area contributed by atoms with Crippen LogP contribution < -0.4 is 9.62 Å². The summed E-state index contributed by atoms with van der Waals surface area (Å²) >= 11 is 0. The molecule has 1 unspecified atom stereocenters. The van der Waals surface area contributed by atoms with E-state index in [0.29, 0.717) is 19.4 Å². The first kappa shape index (κ1) is 21.8. The lowest BCUT2D eigenvalue weighted by atomic mass is 10.1. The van der Waals surface area contributed by atoms with Crippen molar-refractivity contribution in [3.05, 3.63) is 65.7 Å². The first-order valence-corrected chi connectivity index (χ1v) is 10.8. The molecule has 8 heteroatoms. The smallest absolute Gasteiger partial charge is 0.243 e. The molecular weight excluding hydrogens is 386 g/mol. The molecule has 0 saturated heterocycles. The Kier molecular flexibility index (Phi) is 7.51. The number of halogens is 2. The highest BCUT2D eigenvalue weighted by atomic mass is 32.2. The van der Waals surface area contributed by atoms with E-state index in [9.17, 15) is 22.0 Å². The summed E-state index contributed by atoms with van der Waals surface area (Å²) in [4.78, 5) is 12.6. The second-order valence-corrected chi connectivity index (χ2v) is 8.34. The summed E-state index contributed by atoms with van der Waals surface area (Å²) in [6.07, 6.45) is 2.56. The van der Waals surface area contributed by atoms with E-state index >= 15 is 0 Å². The lowest BCUT2D eigenvalue weighted by Crippen LogP contribution is -2.49. The quantitative estimate of drug-likeness (QED) is 0.646. The number of amides is 1. The maximum atomic E-state index is 13.2. The maximum Gasteiger partial charge on any atom is 0.243 e. The molecule has 0 bridgehead atoms. The topological polar surface area (TPSA) is 66.5 Å². The molecule has 0 radical (unpaired) electrons. The number of sulfonamides is 1. The number of carbonyl (C=O) groups excluding carboxylic acids is 1. The fraction of sp³-hybridized carbons (Fsp3) is 0.350. The van der Waals surface area contributed by atoms with Gasteiger partial charge in [-0.2, -0.15) is 0 Å². The zero-order valence-corrected chi connectivity index (χ0v) is 16.7. The van der Waals surface area contributed by atoms with Crippen LogP contribution in [0.5, 0.6) is 0 Å². The molecule has 2 aromatic rings. The lowest BCUT2D eigenvalue weighted by molar-refractivity contribution is -0.122. The van der Waals surface area contributed by atoms with Gasteiger partial charge in [-0.15, -0.1) is 0 Å². The summed E-state index contributed by atoms with van der Waals surface area (Å²) in [5, 5.41) is 2.76. The first-order valence-electron chi connectivity index (χ1n) is 8.99. The van der Waals surface area contributed by atoms with Crippen molar-refractivity contribution in [2.75, 3.05) is 17.1 Å². The van der Waals surface area contributed by atoms with Gasteiger partial charge in [0.25, 0.3) is 0 Å². The molecule has 0 heterocycles. The lowest BCUT2D eigenvalue weighted by Gasteiger charge is -2.30. The predicted octanol–water partition coefficient (Wildman–Crippen LogP) is 3.26. The molecule has 0 spiro atoms. The summed E-state index contributed by atoms with van der Waals surface area (Å²) in [5.41, 5.74) is 1.18. The fourth-order valence-electron chi connectivity index (χ4n) is 2.92. The van der Waals surface area contributed by atoms with Crippen LogP contribution in [-0.4, -0.2) is 33.2 Å². The minimum Gasteiger partial charge on any atom is -0.354 e. The van der Waals surface area contributed by atoms with E-state index < -0.39 is 27.8 Å². The van der Waals surface area contributed by atoms with E-state index in [1.807, 2.05) is 0 Å². The van der Waals surface area contributed by atoms with E-state index in [-0.39, 0.29) is 17.9 Å². The van der Waals surface area contributed by atoms with Gasteiger partial charge in [-0.3, -0.25) is 9.10 Å². The summed E-state index contributed by atoms with van der Waals surface area (Å²) in [5.74, 6) is -1.21. The Balaban J connectivity index is 2.02. The highest BCUT2D eigenvalue weighted by Crippen LogP contribution is 2.22. The van der Waals surface area contributed by atoms with Gasteiger partial charge in [-0.25, -0.2) is 17.2 Å². The van der Waals surface area contributed by atoms with Crippen LogP contribution in [0.1, 0.15) is 25.3 Å². The molecule has 0 saturated carbocycles. The summed E-state index contributed by atoms with van der Waals surface area (Å²) in [6.45, 7) is 2.07. The molecule has 1 amide bonds. The minimum atomic E-state index is -3.75. The molecule has 2 rings (SSSR count). The second kappa shape index (κ2) is 9.64. The van der Waals surface area contributed by atoms with Gasteiger partial charge in [-0.05, 0) is 61.2 Å². The van der Waals surface area contributed by atoms with Gasteiger partial charge in [0.1, 0.15) is 17.7 Å². The second-order valence-electron chi connectivity index (χ2n) is 6.48. The summed E-state index contributed by atoms with van der Waals surface area (Å²) in [6, 6.07) is 10.2. The van der Waals surface area contributed by atoms with Crippen molar-refractivity contribution in [2.24, 2.45) is 0 Å². The van der Waals surface area contributed by atoms with Crippen molar-refractivity contribution in [3.63, 3.8) is 0 Å². The number of aryl methyl sites for hydroxylation is 1. The molecule has 0 aromatic heterocycles. The van der Waals surface area contributed by atoms with Crippen molar-refractivity contribution >= 4 is 21.6 Å². The molecule has 28 heavy (non-hydrogen) atoms. The fourth-order valence-corrected chi connectivity index (χ4v) is 4.13. The van der Waals surface area contributed by atoms with Gasteiger partial charge >= 0.3 is 0 Å². The number of hydrogen-bond donors (Lipinski definition) is 1. The Bertz CT molecular complexity index is 885. The zero-order valence-electron chi connectivity index (χ0n) is 15.9. The number of hydrogen-bond acceptors (Lipinski definition) is 3. The van der Waals surface area contributed by atoms with E-state index in [1.165, 1.54) is 24.3 Å². The Morgan fingerprint density at radius 3 is 2.07 bits per heavy atom. The SMILES string of the molecule is CCC(C(=O)NCCCc1ccc(F)cc1)N(c1ccc(F)cc1)S(C)(=O)=O. The van der Waals surface area contributed by atoms with Gasteiger partial charge < -0.3 is 5.32 Å². The molecule has 0 aliphatic rings. The standard InChI is InChI=1S/C20H24F2N2O3S/c1-3-19(24(28(2,26)27)18-12-10-17(22)11-13-18)20(25)23-14-4-5-15-6-8-16(21)9-7-15/h6-13,19H,3-5,14H2,1-2H3,(H,23,25). The third kappa shape index (κ3) is 6.02. The number of rotatable bonds is 9. The van der Waals surface area contributed by atoms with Crippen molar-refractivity contribution in [3.8, 4) is 0 Å². The average molecular weight is 410 g/mol. The zero-order chi connectivity index (χ0) is 20.7. The molecule has 5 nitrogen and oxygen atoms in total. The van der Waals surface area contributed by atoms with Crippen LogP contribution in [0.4, 0.5) is 14.5 Å². The van der Waals surface area contributed by atoms with Crippen LogP contribution in [0.3, 0.4) is 0 Å². The number of nitrogens with zero attached hydrogens (tertiary/aromatic N) is 1. The molecule has 0 aliphatic carbocycles. The van der Waals surface area contributed by atoms with Crippen molar-refractivity contribution < 1.29 is 22.0 Å². The van der Waals surface area contributed by atoms with E-state index in [1.54, 1.807) is 19.1 Å². The average Bonchev–Trinajstić information content (AvgIpc) is 2.64. The number of benzene rings is 2. The van der Waals surface area contributed by atoms with Crippen molar-refractivity contribution in [1.29, 1.82) is 0 Å². The highest BCUT2D eigenvalue weighted by molar-refractivity contribution is 7.92. The van der Waals surface area contributed by atoms with Crippen molar-refractivity contribution in [2.45, 2.75) is 32.2 Å². The van der Waals surface area contributed by atoms with Crippen LogP contribution in [-0.2, 0) is 21.2 Å². The molecule has 1 atom stereocenters. The van der Waals surface area contributed by atoms with Gasteiger partial charge in [-0.1, -0.05) is 19.1 Å². The number of nitrogens with one attached hydrogen (secondary N) is 1. The van der Waals surface area contributed by atoms with Gasteiger partial charge in [0.05, 0.1) is 11.9 Å². The minimum absolute atomic E-state index is 0.234. The normalized spacial score (nSPS) is 12.4. The third-order valence-corrected chi connectivity index (χ3v) is 5.45. The van der Waals surface area contributed by atoms with Crippen LogP contribution in [0, 0.1) is 11.6 Å². The Morgan fingerprint density at radius 1 is 1.04 bits per heavy atom. The molecule has 0 fully saturated rings. The van der Waals surface area contributed by atoms with Crippen LogP contribution in [0.2, 0.25) is 0 Å². The van der Waals surface area contributed by atoms with E-state index in [0.717, 1.165) is 28.3 Å². The van der Waals surface area contributed by atoms with Gasteiger partial charge in [0.15, 0.2) is 0 Å². The monoisotopic (exact) mass is 410 g/mol. The maximum absolute atomic E-state index is 13.2. The molecule has 0 aliphatic heterocycles. The summed E-state index contributed by atoms with van der Waals surface area (Å²) < 4.78 is 51.7. The molecule has 2 aromatic carbocycles. The molecule has 1 N–H and O–H groups in total. The molecular formula is C20H24F2N2O3S. The third-order valence-electron chi connectivity index (χ3n) is 4.27. The first-order chi connectivity index (χ1) is 13.2. The van der Waals surface area contributed by atoms with E-state index in [2.05, 4.69) is 5.32 Å². The van der Waals surface area contributed by atoms with E-state index in [4.69, 9.17) is 0 Å². The Labute approximate surface area is 164 Å².